The number of aryl methyl sites for hydroxylation is 1. The van der Waals surface area contributed by atoms with Crippen molar-refractivity contribution in [1.82, 2.24) is 25.8 Å². The van der Waals surface area contributed by atoms with Crippen LogP contribution in [0.5, 0.6) is 17.2 Å². The summed E-state index contributed by atoms with van der Waals surface area (Å²) >= 11 is 0. The van der Waals surface area contributed by atoms with E-state index in [1.165, 1.54) is 20.1 Å². The second kappa shape index (κ2) is 15.0. The Morgan fingerprint density at radius 2 is 1.85 bits per heavy atom. The lowest BCUT2D eigenvalue weighted by Gasteiger charge is -2.22. The number of carbonyl (C=O) groups excluding carboxylic acids is 2. The van der Waals surface area contributed by atoms with E-state index in [0.717, 1.165) is 16.7 Å². The number of aromatic nitrogens is 3. The smallest absolute Gasteiger partial charge is 0.242 e. The standard InChI is InChI=1S/C35H40N6O7/c1-19(2)31(35(44)37-15-13-29-40-34(41-48-29)22-8-7-14-36-18-22)39-26-12-10-23-24(17-27(26)43)25(38-20(3)42)11-9-21-16-28(45-4)32(46-5)33(47-6)30(21)23/h7-8,10,12,14,16-19,25,31H,9,11,13,15H2,1-6H3,(H,37,44)(H,38,42)(H,39,43)/t25-,31-/m0/s1. The molecule has 48 heavy (non-hydrogen) atoms. The van der Waals surface area contributed by atoms with E-state index in [0.29, 0.717) is 59.4 Å². The molecule has 2 atom stereocenters. The number of ether oxygens (including phenoxy) is 3. The number of anilines is 1. The van der Waals surface area contributed by atoms with Gasteiger partial charge in [-0.2, -0.15) is 4.98 Å². The van der Waals surface area contributed by atoms with E-state index in [4.69, 9.17) is 18.7 Å². The molecule has 0 bridgehead atoms. The van der Waals surface area contributed by atoms with Gasteiger partial charge in [0.25, 0.3) is 0 Å². The summed E-state index contributed by atoms with van der Waals surface area (Å²) in [6, 6.07) is 9.33. The zero-order valence-corrected chi connectivity index (χ0v) is 27.9. The third-order valence-corrected chi connectivity index (χ3v) is 8.20. The number of amides is 2. The second-order valence-corrected chi connectivity index (χ2v) is 11.8. The maximum Gasteiger partial charge on any atom is 0.242 e. The number of hydrogen-bond donors (Lipinski definition) is 3. The van der Waals surface area contributed by atoms with Gasteiger partial charge in [0.1, 0.15) is 6.04 Å². The molecule has 0 saturated heterocycles. The van der Waals surface area contributed by atoms with E-state index >= 15 is 0 Å². The first-order valence-corrected chi connectivity index (χ1v) is 15.7. The van der Waals surface area contributed by atoms with Crippen molar-refractivity contribution in [3.63, 3.8) is 0 Å². The fourth-order valence-electron chi connectivity index (χ4n) is 5.90. The quantitative estimate of drug-likeness (QED) is 0.201. The van der Waals surface area contributed by atoms with Crippen LogP contribution in [0.3, 0.4) is 0 Å². The summed E-state index contributed by atoms with van der Waals surface area (Å²) < 4.78 is 22.5. The van der Waals surface area contributed by atoms with Gasteiger partial charge in [-0.05, 0) is 65.8 Å². The molecule has 2 heterocycles. The van der Waals surface area contributed by atoms with Crippen LogP contribution >= 0.6 is 0 Å². The number of hydrogen-bond acceptors (Lipinski definition) is 11. The molecule has 252 valence electrons. The molecule has 0 radical (unpaired) electrons. The highest BCUT2D eigenvalue weighted by molar-refractivity contribution is 5.86. The monoisotopic (exact) mass is 656 g/mol. The number of methoxy groups -OCH3 is 3. The summed E-state index contributed by atoms with van der Waals surface area (Å²) in [7, 11) is 4.64. The third-order valence-electron chi connectivity index (χ3n) is 8.20. The molecular formula is C35H40N6O7. The van der Waals surface area contributed by atoms with Crippen LogP contribution in [0.2, 0.25) is 0 Å². The zero-order chi connectivity index (χ0) is 34.4. The summed E-state index contributed by atoms with van der Waals surface area (Å²) in [5.41, 5.74) is 3.61. The highest BCUT2D eigenvalue weighted by Gasteiger charge is 2.30. The maximum absolute atomic E-state index is 13.8. The van der Waals surface area contributed by atoms with Crippen molar-refractivity contribution in [2.75, 3.05) is 33.2 Å². The molecule has 13 heteroatoms. The lowest BCUT2D eigenvalue weighted by Crippen LogP contribution is -2.44. The molecule has 1 aliphatic rings. The van der Waals surface area contributed by atoms with Gasteiger partial charge in [-0.25, -0.2) is 0 Å². The summed E-state index contributed by atoms with van der Waals surface area (Å²) in [5.74, 6) is 1.50. The minimum absolute atomic E-state index is 0.169. The van der Waals surface area contributed by atoms with Crippen molar-refractivity contribution >= 4 is 17.5 Å². The lowest BCUT2D eigenvalue weighted by molar-refractivity contribution is -0.122. The Kier molecular flexibility index (Phi) is 10.6. The second-order valence-electron chi connectivity index (χ2n) is 11.8. The van der Waals surface area contributed by atoms with Crippen LogP contribution in [0.1, 0.15) is 50.3 Å². The normalized spacial score (nSPS) is 14.2. The summed E-state index contributed by atoms with van der Waals surface area (Å²) in [6.45, 7) is 5.49. The summed E-state index contributed by atoms with van der Waals surface area (Å²) in [6.07, 6.45) is 4.74. The number of carbonyl (C=O) groups is 2. The first kappa shape index (κ1) is 33.9. The Morgan fingerprint density at radius 1 is 1.06 bits per heavy atom. The van der Waals surface area contributed by atoms with E-state index in [2.05, 4.69) is 31.1 Å². The van der Waals surface area contributed by atoms with Gasteiger partial charge in [0.05, 0.1) is 33.1 Å². The number of rotatable bonds is 12. The van der Waals surface area contributed by atoms with Crippen LogP contribution < -0.4 is 35.6 Å². The van der Waals surface area contributed by atoms with Gasteiger partial charge in [0.15, 0.2) is 11.5 Å². The topological polar surface area (TPSA) is 167 Å². The van der Waals surface area contributed by atoms with Crippen molar-refractivity contribution < 1.29 is 28.3 Å². The molecule has 2 amide bonds. The molecule has 0 aliphatic heterocycles. The van der Waals surface area contributed by atoms with E-state index < -0.39 is 12.1 Å². The Morgan fingerprint density at radius 3 is 2.52 bits per heavy atom. The number of nitrogens with one attached hydrogen (secondary N) is 3. The molecule has 2 aromatic heterocycles. The Bertz CT molecular complexity index is 1840. The molecule has 0 unspecified atom stereocenters. The van der Waals surface area contributed by atoms with Crippen molar-refractivity contribution in [3.8, 4) is 39.8 Å². The van der Waals surface area contributed by atoms with E-state index in [1.54, 1.807) is 38.7 Å². The number of pyridine rings is 1. The van der Waals surface area contributed by atoms with Crippen LogP contribution in [0.25, 0.3) is 22.5 Å². The minimum Gasteiger partial charge on any atom is -0.493 e. The largest absolute Gasteiger partial charge is 0.493 e. The molecule has 2 aromatic carbocycles. The SMILES string of the molecule is COc1cc2c(c(OC)c1OC)-c1ccc(N[C@H](C(=O)NCCc3nc(-c4cccnc4)no3)C(C)C)c(=O)cc1[C@@H](NC(C)=O)CC2. The van der Waals surface area contributed by atoms with E-state index in [1.807, 2.05) is 32.0 Å². The molecule has 0 spiro atoms. The van der Waals surface area contributed by atoms with Crippen molar-refractivity contribution in [1.29, 1.82) is 0 Å². The van der Waals surface area contributed by atoms with Crippen LogP contribution in [0.4, 0.5) is 5.69 Å². The van der Waals surface area contributed by atoms with Gasteiger partial charge >= 0.3 is 0 Å². The van der Waals surface area contributed by atoms with E-state index in [9.17, 15) is 14.4 Å². The number of benzene rings is 1. The minimum atomic E-state index is -0.731. The first-order chi connectivity index (χ1) is 23.1. The van der Waals surface area contributed by atoms with Crippen molar-refractivity contribution in [2.24, 2.45) is 5.92 Å². The Balaban J connectivity index is 1.43. The number of fused-ring (bicyclic) bond motifs is 3. The summed E-state index contributed by atoms with van der Waals surface area (Å²) in [4.78, 5) is 47.9. The highest BCUT2D eigenvalue weighted by atomic mass is 16.5. The Hall–Kier alpha value is -5.46. The van der Waals surface area contributed by atoms with Crippen LogP contribution in [0.15, 0.2) is 58.1 Å². The fourth-order valence-corrected chi connectivity index (χ4v) is 5.90. The van der Waals surface area contributed by atoms with Gasteiger partial charge in [-0.1, -0.05) is 25.1 Å². The highest BCUT2D eigenvalue weighted by Crippen LogP contribution is 2.50. The van der Waals surface area contributed by atoms with Gasteiger partial charge in [0, 0.05) is 43.4 Å². The molecule has 1 aliphatic carbocycles. The first-order valence-electron chi connectivity index (χ1n) is 15.7. The fraction of sp³-hybridized carbons (Fsp3) is 0.371. The van der Waals surface area contributed by atoms with Crippen molar-refractivity contribution in [2.45, 2.75) is 52.1 Å². The van der Waals surface area contributed by atoms with Crippen LogP contribution in [0, 0.1) is 5.92 Å². The molecule has 4 aromatic rings. The molecular weight excluding hydrogens is 616 g/mol. The van der Waals surface area contributed by atoms with Gasteiger partial charge in [0.2, 0.25) is 34.7 Å². The predicted octanol–water partition coefficient (Wildman–Crippen LogP) is 4.10. The third kappa shape index (κ3) is 7.24. The van der Waals surface area contributed by atoms with Gasteiger partial charge in [-0.3, -0.25) is 19.4 Å². The molecule has 5 rings (SSSR count). The Labute approximate surface area is 278 Å². The maximum atomic E-state index is 13.8. The van der Waals surface area contributed by atoms with E-state index in [-0.39, 0.29) is 35.4 Å². The average molecular weight is 657 g/mol. The van der Waals surface area contributed by atoms with Gasteiger partial charge < -0.3 is 34.7 Å². The van der Waals surface area contributed by atoms with Crippen LogP contribution in [-0.4, -0.2) is 60.9 Å². The lowest BCUT2D eigenvalue weighted by atomic mass is 9.95. The van der Waals surface area contributed by atoms with Crippen molar-refractivity contribution in [3.05, 3.63) is 76.0 Å². The molecule has 0 saturated carbocycles. The zero-order valence-electron chi connectivity index (χ0n) is 27.9. The molecule has 13 nitrogen and oxygen atoms in total. The number of nitrogens with zero attached hydrogens (tertiary/aromatic N) is 3. The molecule has 3 N–H and O–H groups in total. The summed E-state index contributed by atoms with van der Waals surface area (Å²) in [5, 5.41) is 13.1. The predicted molar refractivity (Wildman–Crippen MR) is 179 cm³/mol. The van der Waals surface area contributed by atoms with Gasteiger partial charge in [-0.15, -0.1) is 0 Å². The molecule has 0 fully saturated rings. The van der Waals surface area contributed by atoms with Crippen LogP contribution in [-0.2, 0) is 22.4 Å². The average Bonchev–Trinajstić information content (AvgIpc) is 3.43.